The van der Waals surface area contributed by atoms with Crippen molar-refractivity contribution in [2.75, 3.05) is 6.54 Å². The number of carbonyl (C=O) groups is 1. The lowest BCUT2D eigenvalue weighted by Gasteiger charge is -2.04. The Kier molecular flexibility index (Phi) is 4.52. The van der Waals surface area contributed by atoms with Crippen LogP contribution in [0.3, 0.4) is 0 Å². The van der Waals surface area contributed by atoms with Gasteiger partial charge in [-0.3, -0.25) is 14.7 Å². The van der Waals surface area contributed by atoms with Crippen molar-refractivity contribution in [3.05, 3.63) is 77.2 Å². The summed E-state index contributed by atoms with van der Waals surface area (Å²) in [4.78, 5) is 33.1. The van der Waals surface area contributed by atoms with Gasteiger partial charge in [-0.1, -0.05) is 30.3 Å². The van der Waals surface area contributed by atoms with E-state index in [-0.39, 0.29) is 11.5 Å². The summed E-state index contributed by atoms with van der Waals surface area (Å²) in [5.41, 5.74) is 1.87. The molecule has 0 bridgehead atoms. The molecule has 0 unspecified atom stereocenters. The number of rotatable bonds is 6. The summed E-state index contributed by atoms with van der Waals surface area (Å²) in [6.45, 7) is 1.29. The van der Waals surface area contributed by atoms with Crippen LogP contribution < -0.4 is 10.9 Å². The van der Waals surface area contributed by atoms with Crippen LogP contribution in [0.25, 0.3) is 16.9 Å². The van der Waals surface area contributed by atoms with E-state index in [9.17, 15) is 9.59 Å². The van der Waals surface area contributed by atoms with Gasteiger partial charge in [-0.2, -0.15) is 0 Å². The van der Waals surface area contributed by atoms with E-state index in [2.05, 4.69) is 20.4 Å². The zero-order chi connectivity index (χ0) is 18.6. The third-order valence-electron chi connectivity index (χ3n) is 4.20. The Hall–Kier alpha value is -3.68. The molecule has 8 heteroatoms. The Morgan fingerprint density at radius 3 is 2.81 bits per heavy atom. The molecule has 3 aromatic heterocycles. The monoisotopic (exact) mass is 362 g/mol. The van der Waals surface area contributed by atoms with Gasteiger partial charge < -0.3 is 9.88 Å². The average molecular weight is 362 g/mol. The topological polar surface area (TPSA) is 97.1 Å². The average Bonchev–Trinajstić information content (AvgIpc) is 3.35. The van der Waals surface area contributed by atoms with Gasteiger partial charge in [0.15, 0.2) is 5.65 Å². The Bertz CT molecular complexity index is 1110. The lowest BCUT2D eigenvalue weighted by molar-refractivity contribution is 0.0947. The van der Waals surface area contributed by atoms with Gasteiger partial charge in [0.2, 0.25) is 0 Å². The highest BCUT2D eigenvalue weighted by Gasteiger charge is 2.12. The highest BCUT2D eigenvalue weighted by molar-refractivity contribution is 5.93. The van der Waals surface area contributed by atoms with Crippen LogP contribution in [0.5, 0.6) is 0 Å². The lowest BCUT2D eigenvalue weighted by Crippen LogP contribution is -2.26. The molecule has 1 amide bonds. The maximum atomic E-state index is 12.4. The first kappa shape index (κ1) is 16.8. The van der Waals surface area contributed by atoms with Crippen LogP contribution in [-0.2, 0) is 6.54 Å². The molecule has 3 heterocycles. The number of imidazole rings is 1. The molecule has 2 N–H and O–H groups in total. The number of nitrogens with one attached hydrogen (secondary N) is 2. The summed E-state index contributed by atoms with van der Waals surface area (Å²) in [6, 6.07) is 12.5. The maximum absolute atomic E-state index is 12.4. The normalized spacial score (nSPS) is 11.0. The number of amides is 1. The third-order valence-corrected chi connectivity index (χ3v) is 4.20. The standard InChI is InChI=1S/C19H18N6O2/c26-18-12-15(14-5-2-1-3-6-14)22-17-11-16(23-25(17)18)19(27)21-7-4-9-24-10-8-20-13-24/h1-3,5-6,8,10-13,23H,4,7,9H2,(H,21,27). The van der Waals surface area contributed by atoms with Crippen LogP contribution >= 0.6 is 0 Å². The maximum Gasteiger partial charge on any atom is 0.273 e. The molecular formula is C19H18N6O2. The van der Waals surface area contributed by atoms with Gasteiger partial charge in [0.25, 0.3) is 11.5 Å². The van der Waals surface area contributed by atoms with Crippen LogP contribution in [0, 0.1) is 0 Å². The predicted molar refractivity (Wildman–Crippen MR) is 100 cm³/mol. The van der Waals surface area contributed by atoms with Crippen LogP contribution in [-0.4, -0.2) is 36.6 Å². The van der Waals surface area contributed by atoms with E-state index in [4.69, 9.17) is 0 Å². The van der Waals surface area contributed by atoms with Crippen LogP contribution in [0.2, 0.25) is 0 Å². The molecule has 1 aromatic carbocycles. The van der Waals surface area contributed by atoms with Gasteiger partial charge in [-0.05, 0) is 6.42 Å². The molecule has 4 aromatic rings. The molecule has 0 saturated carbocycles. The fraction of sp³-hybridized carbons (Fsp3) is 0.158. The van der Waals surface area contributed by atoms with E-state index in [1.54, 1.807) is 18.6 Å². The second kappa shape index (κ2) is 7.28. The number of nitrogens with zero attached hydrogens (tertiary/aromatic N) is 4. The first-order chi connectivity index (χ1) is 13.2. The minimum absolute atomic E-state index is 0.266. The molecule has 0 spiro atoms. The van der Waals surface area contributed by atoms with Gasteiger partial charge in [-0.15, -0.1) is 0 Å². The molecular weight excluding hydrogens is 344 g/mol. The van der Waals surface area contributed by atoms with E-state index in [0.29, 0.717) is 23.6 Å². The smallest absolute Gasteiger partial charge is 0.273 e. The second-order valence-electron chi connectivity index (χ2n) is 6.12. The number of aromatic nitrogens is 5. The molecule has 8 nitrogen and oxygen atoms in total. The summed E-state index contributed by atoms with van der Waals surface area (Å²) < 4.78 is 3.22. The summed E-state index contributed by atoms with van der Waals surface area (Å²) >= 11 is 0. The molecule has 27 heavy (non-hydrogen) atoms. The predicted octanol–water partition coefficient (Wildman–Crippen LogP) is 1.71. The summed E-state index contributed by atoms with van der Waals surface area (Å²) in [5.74, 6) is -0.271. The van der Waals surface area contributed by atoms with E-state index in [0.717, 1.165) is 18.5 Å². The van der Waals surface area contributed by atoms with Gasteiger partial charge in [-0.25, -0.2) is 14.5 Å². The number of carbonyl (C=O) groups excluding carboxylic acids is 1. The number of fused-ring (bicyclic) bond motifs is 1. The molecule has 0 aliphatic heterocycles. The fourth-order valence-corrected chi connectivity index (χ4v) is 2.84. The quantitative estimate of drug-likeness (QED) is 0.510. The number of aromatic amines is 1. The Morgan fingerprint density at radius 1 is 1.19 bits per heavy atom. The zero-order valence-electron chi connectivity index (χ0n) is 14.5. The summed E-state index contributed by atoms with van der Waals surface area (Å²) in [7, 11) is 0. The zero-order valence-corrected chi connectivity index (χ0v) is 14.5. The van der Waals surface area contributed by atoms with E-state index < -0.39 is 0 Å². The minimum atomic E-state index is -0.271. The SMILES string of the molecule is O=C(NCCCn1ccnc1)c1cc2nc(-c3ccccc3)cc(=O)n2[nH]1. The van der Waals surface area contributed by atoms with E-state index >= 15 is 0 Å². The largest absolute Gasteiger partial charge is 0.351 e. The Balaban J connectivity index is 1.48. The molecule has 0 aliphatic carbocycles. The first-order valence-corrected chi connectivity index (χ1v) is 8.63. The summed E-state index contributed by atoms with van der Waals surface area (Å²) in [6.07, 6.45) is 6.11. The van der Waals surface area contributed by atoms with Crippen LogP contribution in [0.15, 0.2) is 66.0 Å². The van der Waals surface area contributed by atoms with Crippen molar-refractivity contribution in [3.63, 3.8) is 0 Å². The molecule has 4 rings (SSSR count). The number of aryl methyl sites for hydroxylation is 1. The molecule has 136 valence electrons. The number of benzene rings is 1. The minimum Gasteiger partial charge on any atom is -0.351 e. The molecule has 0 atom stereocenters. The van der Waals surface area contributed by atoms with E-state index in [1.165, 1.54) is 10.6 Å². The van der Waals surface area contributed by atoms with Crippen molar-refractivity contribution < 1.29 is 4.79 Å². The Labute approximate surface area is 154 Å². The van der Waals surface area contributed by atoms with Crippen molar-refractivity contribution in [1.29, 1.82) is 0 Å². The van der Waals surface area contributed by atoms with Gasteiger partial charge in [0.05, 0.1) is 12.0 Å². The van der Waals surface area contributed by atoms with Gasteiger partial charge >= 0.3 is 0 Å². The van der Waals surface area contributed by atoms with Crippen molar-refractivity contribution in [3.8, 4) is 11.3 Å². The van der Waals surface area contributed by atoms with Crippen LogP contribution in [0.1, 0.15) is 16.9 Å². The first-order valence-electron chi connectivity index (χ1n) is 8.63. The van der Waals surface area contributed by atoms with Crippen LogP contribution in [0.4, 0.5) is 0 Å². The van der Waals surface area contributed by atoms with Crippen molar-refractivity contribution in [1.82, 2.24) is 29.5 Å². The fourth-order valence-electron chi connectivity index (χ4n) is 2.84. The summed E-state index contributed by atoms with van der Waals surface area (Å²) in [5, 5.41) is 5.65. The third kappa shape index (κ3) is 3.64. The van der Waals surface area contributed by atoms with Crippen molar-refractivity contribution >= 4 is 11.6 Å². The highest BCUT2D eigenvalue weighted by atomic mass is 16.2. The number of H-pyrrole nitrogens is 1. The molecule has 0 radical (unpaired) electrons. The highest BCUT2D eigenvalue weighted by Crippen LogP contribution is 2.15. The number of hydrogen-bond acceptors (Lipinski definition) is 4. The molecule has 0 aliphatic rings. The Morgan fingerprint density at radius 2 is 2.04 bits per heavy atom. The lowest BCUT2D eigenvalue weighted by atomic mass is 10.1. The van der Waals surface area contributed by atoms with Gasteiger partial charge in [0.1, 0.15) is 5.69 Å². The van der Waals surface area contributed by atoms with Crippen molar-refractivity contribution in [2.45, 2.75) is 13.0 Å². The number of hydrogen-bond donors (Lipinski definition) is 2. The van der Waals surface area contributed by atoms with Gasteiger partial charge in [0, 0.05) is 43.2 Å². The molecule has 0 fully saturated rings. The van der Waals surface area contributed by atoms with E-state index in [1.807, 2.05) is 41.1 Å². The second-order valence-corrected chi connectivity index (χ2v) is 6.12. The van der Waals surface area contributed by atoms with Crippen molar-refractivity contribution in [2.24, 2.45) is 0 Å². The molecule has 0 saturated heterocycles.